The Bertz CT molecular complexity index is 1180. The fourth-order valence-corrected chi connectivity index (χ4v) is 5.85. The van der Waals surface area contributed by atoms with Crippen LogP contribution in [0.25, 0.3) is 0 Å². The number of alkyl halides is 3. The average molecular weight is 552 g/mol. The van der Waals surface area contributed by atoms with Crippen molar-refractivity contribution in [3.63, 3.8) is 0 Å². The van der Waals surface area contributed by atoms with Gasteiger partial charge < -0.3 is 19.8 Å². The van der Waals surface area contributed by atoms with Crippen LogP contribution >= 0.6 is 11.6 Å². The van der Waals surface area contributed by atoms with Gasteiger partial charge in [0.2, 0.25) is 0 Å². The first-order chi connectivity index (χ1) is 17.8. The Morgan fingerprint density at radius 3 is 2.26 bits per heavy atom. The highest BCUT2D eigenvalue weighted by Gasteiger charge is 2.62. The van der Waals surface area contributed by atoms with Crippen molar-refractivity contribution in [1.82, 2.24) is 9.80 Å². The molecule has 1 heterocycles. The van der Waals surface area contributed by atoms with Gasteiger partial charge in [0.1, 0.15) is 0 Å². The third-order valence-corrected chi connectivity index (χ3v) is 8.46. The van der Waals surface area contributed by atoms with Crippen molar-refractivity contribution in [3.8, 4) is 0 Å². The quantitative estimate of drug-likeness (QED) is 0.529. The highest BCUT2D eigenvalue weighted by Crippen LogP contribution is 2.61. The Morgan fingerprint density at radius 2 is 1.71 bits per heavy atom. The van der Waals surface area contributed by atoms with E-state index in [0.717, 1.165) is 55.1 Å². The van der Waals surface area contributed by atoms with E-state index in [1.807, 2.05) is 12.1 Å². The molecule has 206 valence electrons. The predicted octanol–water partition coefficient (Wildman–Crippen LogP) is 4.95. The van der Waals surface area contributed by atoms with Crippen molar-refractivity contribution in [2.24, 2.45) is 11.3 Å². The number of hydrogen-bond donors (Lipinski definition) is 1. The second kappa shape index (κ2) is 10.4. The van der Waals surface area contributed by atoms with Crippen LogP contribution < -0.4 is 4.90 Å². The number of anilines is 1. The first kappa shape index (κ1) is 28.2. The van der Waals surface area contributed by atoms with Gasteiger partial charge in [0, 0.05) is 52.0 Å². The number of aliphatic hydroxyl groups is 1. The Balaban J connectivity index is 1.33. The number of amides is 2. The molecule has 1 spiro atoms. The number of carbonyl (C=O) groups excluding carboxylic acids is 2. The van der Waals surface area contributed by atoms with E-state index >= 15 is 0 Å². The zero-order chi connectivity index (χ0) is 27.9. The molecule has 0 unspecified atom stereocenters. The van der Waals surface area contributed by atoms with Gasteiger partial charge in [0.15, 0.2) is 0 Å². The fraction of sp³-hybridized carbons (Fsp3) is 0.500. The molecule has 1 aliphatic heterocycles. The van der Waals surface area contributed by atoms with Gasteiger partial charge in [-0.15, -0.1) is 0 Å². The van der Waals surface area contributed by atoms with Crippen LogP contribution in [0.15, 0.2) is 48.5 Å². The summed E-state index contributed by atoms with van der Waals surface area (Å²) in [6.45, 7) is 1.76. The van der Waals surface area contributed by atoms with E-state index in [-0.39, 0.29) is 17.9 Å². The molecule has 0 radical (unpaired) electrons. The third kappa shape index (κ3) is 5.23. The summed E-state index contributed by atoms with van der Waals surface area (Å²) in [5.74, 6) is -1.20. The predicted molar refractivity (Wildman–Crippen MR) is 140 cm³/mol. The Labute approximate surface area is 226 Å². The number of likely N-dealkylation sites (N-methyl/N-ethyl adjacent to an activating group) is 1. The molecule has 1 saturated carbocycles. The molecule has 0 bridgehead atoms. The van der Waals surface area contributed by atoms with Crippen LogP contribution in [0.1, 0.15) is 41.6 Å². The van der Waals surface area contributed by atoms with E-state index in [2.05, 4.69) is 4.90 Å². The number of rotatable bonds is 7. The van der Waals surface area contributed by atoms with Crippen molar-refractivity contribution < 1.29 is 27.9 Å². The second-order valence-corrected chi connectivity index (χ2v) is 11.1. The smallest absolute Gasteiger partial charge is 0.371 e. The number of halogens is 4. The normalized spacial score (nSPS) is 20.1. The molecule has 2 aromatic rings. The fourth-order valence-electron chi connectivity index (χ4n) is 5.59. The summed E-state index contributed by atoms with van der Waals surface area (Å²) in [7, 11) is 4.67. The lowest BCUT2D eigenvalue weighted by Gasteiger charge is -2.35. The molecular formula is C28H33ClF3N3O3. The molecule has 2 aromatic carbocycles. The molecule has 2 aliphatic rings. The van der Waals surface area contributed by atoms with Crippen molar-refractivity contribution in [2.45, 2.75) is 37.5 Å². The molecule has 1 N–H and O–H groups in total. The first-order valence-corrected chi connectivity index (χ1v) is 13.0. The average Bonchev–Trinajstić information content (AvgIpc) is 3.57. The molecule has 0 aromatic heterocycles. The number of hydrogen-bond acceptors (Lipinski definition) is 4. The summed E-state index contributed by atoms with van der Waals surface area (Å²) in [6, 6.07) is 12.0. The third-order valence-electron chi connectivity index (χ3n) is 8.14. The minimum atomic E-state index is -5.14. The molecule has 1 saturated heterocycles. The van der Waals surface area contributed by atoms with Gasteiger partial charge in [-0.05, 0) is 55.2 Å². The van der Waals surface area contributed by atoms with Gasteiger partial charge in [0.05, 0.1) is 10.6 Å². The molecule has 38 heavy (non-hydrogen) atoms. The summed E-state index contributed by atoms with van der Waals surface area (Å²) in [4.78, 5) is 29.8. The number of carbonyl (C=O) groups is 2. The van der Waals surface area contributed by atoms with Crippen LogP contribution in [0, 0.1) is 11.3 Å². The number of nitrogens with zero attached hydrogens (tertiary/aromatic N) is 3. The van der Waals surface area contributed by atoms with Gasteiger partial charge in [-0.2, -0.15) is 13.2 Å². The molecule has 1 aliphatic carbocycles. The summed E-state index contributed by atoms with van der Waals surface area (Å²) in [5.41, 5.74) is -2.53. The first-order valence-electron chi connectivity index (χ1n) is 12.7. The van der Waals surface area contributed by atoms with Gasteiger partial charge in [0.25, 0.3) is 17.4 Å². The standard InChI is InChI=1S/C28H33ClF3N3O3/c1-33(2)24(36)22-10-9-21(17-23(22)29)35-15-12-26(13-16-35)18-20(26)11-14-34(3)25(37)27(38,28(30,31)32)19-7-5-4-6-8-19/h4-10,17,20,38H,11-16,18H2,1-3H3/t20-,27+/m0/s1. The largest absolute Gasteiger partial charge is 0.430 e. The van der Waals surface area contributed by atoms with Crippen LogP contribution in [-0.4, -0.2) is 73.7 Å². The lowest BCUT2D eigenvalue weighted by atomic mass is 9.89. The zero-order valence-electron chi connectivity index (χ0n) is 21.8. The second-order valence-electron chi connectivity index (χ2n) is 10.7. The van der Waals surface area contributed by atoms with E-state index in [0.29, 0.717) is 22.9 Å². The lowest BCUT2D eigenvalue weighted by molar-refractivity contribution is -0.261. The Morgan fingerprint density at radius 1 is 1.08 bits per heavy atom. The van der Waals surface area contributed by atoms with Crippen LogP contribution in [-0.2, 0) is 10.4 Å². The van der Waals surface area contributed by atoms with Crippen LogP contribution in [0.3, 0.4) is 0 Å². The van der Waals surface area contributed by atoms with Crippen molar-refractivity contribution in [3.05, 3.63) is 64.7 Å². The van der Waals surface area contributed by atoms with E-state index in [9.17, 15) is 27.9 Å². The van der Waals surface area contributed by atoms with E-state index < -0.39 is 23.2 Å². The minimum Gasteiger partial charge on any atom is -0.371 e. The van der Waals surface area contributed by atoms with Gasteiger partial charge in [-0.25, -0.2) is 0 Å². The summed E-state index contributed by atoms with van der Waals surface area (Å²) in [5, 5.41) is 11.0. The highest BCUT2D eigenvalue weighted by atomic mass is 35.5. The van der Waals surface area contributed by atoms with Gasteiger partial charge in [-0.3, -0.25) is 9.59 Å². The van der Waals surface area contributed by atoms with Crippen LogP contribution in [0.2, 0.25) is 5.02 Å². The van der Waals surface area contributed by atoms with E-state index in [1.165, 1.54) is 30.1 Å². The number of benzene rings is 2. The van der Waals surface area contributed by atoms with E-state index in [1.54, 1.807) is 20.2 Å². The van der Waals surface area contributed by atoms with Crippen molar-refractivity contribution in [2.75, 3.05) is 45.7 Å². The maximum atomic E-state index is 13.9. The van der Waals surface area contributed by atoms with Crippen molar-refractivity contribution >= 4 is 29.1 Å². The zero-order valence-corrected chi connectivity index (χ0v) is 22.5. The molecule has 6 nitrogen and oxygen atoms in total. The summed E-state index contributed by atoms with van der Waals surface area (Å²) >= 11 is 6.38. The minimum absolute atomic E-state index is 0.130. The molecular weight excluding hydrogens is 519 g/mol. The monoisotopic (exact) mass is 551 g/mol. The topological polar surface area (TPSA) is 64.1 Å². The van der Waals surface area contributed by atoms with Crippen LogP contribution in [0.5, 0.6) is 0 Å². The molecule has 2 atom stereocenters. The maximum absolute atomic E-state index is 13.9. The SMILES string of the molecule is CN(C)C(=O)c1ccc(N2CCC3(CC2)C[C@@H]3CCN(C)C(=O)[C@](O)(c2ccccc2)C(F)(F)F)cc1Cl. The van der Waals surface area contributed by atoms with Gasteiger partial charge in [-0.1, -0.05) is 41.9 Å². The highest BCUT2D eigenvalue weighted by molar-refractivity contribution is 6.34. The van der Waals surface area contributed by atoms with E-state index in [4.69, 9.17) is 11.6 Å². The molecule has 10 heteroatoms. The number of piperidine rings is 1. The molecule has 2 fully saturated rings. The Hall–Kier alpha value is -2.78. The van der Waals surface area contributed by atoms with Crippen LogP contribution in [0.4, 0.5) is 18.9 Å². The molecule has 4 rings (SSSR count). The summed E-state index contributed by atoms with van der Waals surface area (Å²) < 4.78 is 41.6. The maximum Gasteiger partial charge on any atom is 0.430 e. The summed E-state index contributed by atoms with van der Waals surface area (Å²) in [6.07, 6.45) is -1.72. The lowest BCUT2D eigenvalue weighted by Crippen LogP contribution is -2.55. The molecule has 2 amide bonds. The van der Waals surface area contributed by atoms with Gasteiger partial charge >= 0.3 is 6.18 Å². The Kier molecular flexibility index (Phi) is 7.74. The van der Waals surface area contributed by atoms with Crippen molar-refractivity contribution in [1.29, 1.82) is 0 Å².